The molecule has 0 unspecified atom stereocenters. The minimum atomic E-state index is 0.114. The van der Waals surface area contributed by atoms with Gasteiger partial charge >= 0.3 is 0 Å². The van der Waals surface area contributed by atoms with Gasteiger partial charge in [-0.15, -0.1) is 0 Å². The highest BCUT2D eigenvalue weighted by Crippen LogP contribution is 2.27. The molecule has 164 valence electrons. The quantitative estimate of drug-likeness (QED) is 0.628. The number of nitriles is 1. The Balaban J connectivity index is 1.29. The molecular weight excluding hydrogens is 376 g/mol. The molecule has 1 heterocycles. The highest BCUT2D eigenvalue weighted by molar-refractivity contribution is 5.76. The first-order valence-electron chi connectivity index (χ1n) is 11.5. The minimum absolute atomic E-state index is 0.114. The van der Waals surface area contributed by atoms with Crippen LogP contribution in [0.5, 0.6) is 5.75 Å². The average molecular weight is 413 g/mol. The van der Waals surface area contributed by atoms with Crippen molar-refractivity contribution in [3.8, 4) is 11.8 Å². The molecule has 3 rings (SSSR count). The van der Waals surface area contributed by atoms with Crippen LogP contribution in [0.3, 0.4) is 0 Å². The summed E-state index contributed by atoms with van der Waals surface area (Å²) in [6.07, 6.45) is 7.52. The first kappa shape index (κ1) is 22.4. The molecule has 0 radical (unpaired) electrons. The molecule has 2 fully saturated rings. The number of carbonyl (C=O) groups is 1. The van der Waals surface area contributed by atoms with Gasteiger partial charge in [-0.3, -0.25) is 9.69 Å². The summed E-state index contributed by atoms with van der Waals surface area (Å²) in [6, 6.07) is 10.8. The van der Waals surface area contributed by atoms with Crippen LogP contribution in [-0.2, 0) is 4.79 Å². The Morgan fingerprint density at radius 1 is 1.13 bits per heavy atom. The number of carbonyl (C=O) groups excluding carboxylic acids is 1. The summed E-state index contributed by atoms with van der Waals surface area (Å²) in [4.78, 5) is 17.0. The zero-order valence-corrected chi connectivity index (χ0v) is 18.3. The van der Waals surface area contributed by atoms with Crippen molar-refractivity contribution in [2.75, 3.05) is 44.7 Å². The molecule has 1 saturated carbocycles. The lowest BCUT2D eigenvalue weighted by Crippen LogP contribution is -2.47. The maximum atomic E-state index is 11.9. The lowest BCUT2D eigenvalue weighted by molar-refractivity contribution is -0.122. The van der Waals surface area contributed by atoms with Crippen molar-refractivity contribution >= 4 is 11.6 Å². The molecule has 0 aromatic heterocycles. The van der Waals surface area contributed by atoms with Gasteiger partial charge < -0.3 is 15.0 Å². The zero-order valence-electron chi connectivity index (χ0n) is 18.3. The molecule has 0 bridgehead atoms. The van der Waals surface area contributed by atoms with Crippen molar-refractivity contribution in [3.63, 3.8) is 0 Å². The second-order valence-corrected chi connectivity index (χ2v) is 8.61. The van der Waals surface area contributed by atoms with E-state index in [-0.39, 0.29) is 5.91 Å². The summed E-state index contributed by atoms with van der Waals surface area (Å²) < 4.78 is 5.25. The number of nitrogens with zero attached hydrogens (tertiary/aromatic N) is 3. The Kier molecular flexibility index (Phi) is 8.82. The highest BCUT2D eigenvalue weighted by Gasteiger charge is 2.24. The number of amides is 1. The second-order valence-electron chi connectivity index (χ2n) is 8.61. The third-order valence-electron chi connectivity index (χ3n) is 6.57. The van der Waals surface area contributed by atoms with E-state index < -0.39 is 0 Å². The fraction of sp³-hybridized carbons (Fsp3) is 0.667. The van der Waals surface area contributed by atoms with Crippen molar-refractivity contribution in [1.29, 1.82) is 5.26 Å². The van der Waals surface area contributed by atoms with Crippen molar-refractivity contribution in [2.24, 2.45) is 5.92 Å². The van der Waals surface area contributed by atoms with E-state index in [4.69, 9.17) is 10.00 Å². The number of hydrogen-bond acceptors (Lipinski definition) is 5. The number of benzene rings is 1. The van der Waals surface area contributed by atoms with Crippen LogP contribution in [0.15, 0.2) is 24.3 Å². The molecule has 1 saturated heterocycles. The molecule has 0 atom stereocenters. The smallest absolute Gasteiger partial charge is 0.220 e. The molecule has 1 aliphatic heterocycles. The topological polar surface area (TPSA) is 68.6 Å². The van der Waals surface area contributed by atoms with E-state index in [0.29, 0.717) is 25.3 Å². The van der Waals surface area contributed by atoms with Crippen molar-refractivity contribution in [3.05, 3.63) is 24.3 Å². The van der Waals surface area contributed by atoms with E-state index in [1.165, 1.54) is 31.5 Å². The molecule has 0 spiro atoms. The largest absolute Gasteiger partial charge is 0.497 e. The normalized spacial score (nSPS) is 22.3. The molecule has 1 amide bonds. The molecule has 1 aliphatic carbocycles. The number of ether oxygens (including phenoxy) is 1. The monoisotopic (exact) mass is 412 g/mol. The fourth-order valence-electron chi connectivity index (χ4n) is 4.61. The van der Waals surface area contributed by atoms with Gasteiger partial charge in [0, 0.05) is 50.7 Å². The third-order valence-corrected chi connectivity index (χ3v) is 6.57. The molecule has 2 aliphatic rings. The second kappa shape index (κ2) is 11.8. The molecular formula is C24H36N4O2. The number of hydrogen-bond donors (Lipinski definition) is 1. The van der Waals surface area contributed by atoms with E-state index in [1.807, 2.05) is 12.1 Å². The first-order chi connectivity index (χ1) is 14.7. The van der Waals surface area contributed by atoms with Crippen molar-refractivity contribution in [1.82, 2.24) is 10.2 Å². The fourth-order valence-corrected chi connectivity index (χ4v) is 4.61. The van der Waals surface area contributed by atoms with E-state index in [9.17, 15) is 4.79 Å². The van der Waals surface area contributed by atoms with Crippen LogP contribution >= 0.6 is 0 Å². The number of anilines is 1. The predicted molar refractivity (Wildman–Crippen MR) is 120 cm³/mol. The number of rotatable bonds is 9. The van der Waals surface area contributed by atoms with Crippen LogP contribution in [0.2, 0.25) is 0 Å². The van der Waals surface area contributed by atoms with Gasteiger partial charge in [-0.05, 0) is 75.3 Å². The van der Waals surface area contributed by atoms with Crippen LogP contribution < -0.4 is 15.0 Å². The lowest BCUT2D eigenvalue weighted by Gasteiger charge is -2.37. The lowest BCUT2D eigenvalue weighted by atomic mass is 9.84. The van der Waals surface area contributed by atoms with E-state index >= 15 is 0 Å². The Hall–Kier alpha value is -2.26. The SMILES string of the molecule is COc1ccc(N2CCN(CCC3CCC(NC(=O)CCCC#N)CC3)CC2)cc1. The van der Waals surface area contributed by atoms with Crippen LogP contribution in [0.4, 0.5) is 5.69 Å². The Labute approximate surface area is 181 Å². The van der Waals surface area contributed by atoms with Gasteiger partial charge in [-0.25, -0.2) is 0 Å². The molecule has 6 nitrogen and oxygen atoms in total. The number of unbranched alkanes of at least 4 members (excludes halogenated alkanes) is 1. The van der Waals surface area contributed by atoms with E-state index in [0.717, 1.165) is 50.7 Å². The molecule has 1 N–H and O–H groups in total. The summed E-state index contributed by atoms with van der Waals surface area (Å²) in [7, 11) is 1.70. The standard InChI is InChI=1S/C24H36N4O2/c1-30-23-11-9-22(10-12-23)28-18-16-27(17-19-28)15-13-20-5-7-21(8-6-20)26-24(29)4-2-3-14-25/h9-12,20-21H,2-8,13,15-19H2,1H3,(H,26,29). The maximum absolute atomic E-state index is 11.9. The zero-order chi connectivity index (χ0) is 21.2. The molecule has 30 heavy (non-hydrogen) atoms. The highest BCUT2D eigenvalue weighted by atomic mass is 16.5. The van der Waals surface area contributed by atoms with Gasteiger partial charge in [0.25, 0.3) is 0 Å². The van der Waals surface area contributed by atoms with Crippen LogP contribution in [0.1, 0.15) is 51.4 Å². The minimum Gasteiger partial charge on any atom is -0.497 e. The van der Waals surface area contributed by atoms with Crippen LogP contribution in [-0.4, -0.2) is 56.7 Å². The molecule has 1 aromatic carbocycles. The Morgan fingerprint density at radius 2 is 1.83 bits per heavy atom. The molecule has 6 heteroatoms. The number of nitrogens with one attached hydrogen (secondary N) is 1. The Bertz CT molecular complexity index is 684. The average Bonchev–Trinajstić information content (AvgIpc) is 2.79. The van der Waals surface area contributed by atoms with E-state index in [2.05, 4.69) is 33.3 Å². The van der Waals surface area contributed by atoms with Gasteiger partial charge in [-0.2, -0.15) is 5.26 Å². The van der Waals surface area contributed by atoms with Crippen LogP contribution in [0, 0.1) is 17.2 Å². The molecule has 1 aromatic rings. The van der Waals surface area contributed by atoms with E-state index in [1.54, 1.807) is 7.11 Å². The maximum Gasteiger partial charge on any atom is 0.220 e. The van der Waals surface area contributed by atoms with Gasteiger partial charge in [-0.1, -0.05) is 0 Å². The third kappa shape index (κ3) is 6.91. The summed E-state index contributed by atoms with van der Waals surface area (Å²) in [5, 5.41) is 11.7. The van der Waals surface area contributed by atoms with Gasteiger partial charge in [0.05, 0.1) is 13.2 Å². The summed E-state index contributed by atoms with van der Waals surface area (Å²) in [6.45, 7) is 5.60. The summed E-state index contributed by atoms with van der Waals surface area (Å²) in [5.41, 5.74) is 1.28. The summed E-state index contributed by atoms with van der Waals surface area (Å²) in [5.74, 6) is 1.81. The van der Waals surface area contributed by atoms with Gasteiger partial charge in [0.2, 0.25) is 5.91 Å². The first-order valence-corrected chi connectivity index (χ1v) is 11.5. The van der Waals surface area contributed by atoms with Crippen molar-refractivity contribution in [2.45, 2.75) is 57.4 Å². The van der Waals surface area contributed by atoms with Crippen LogP contribution in [0.25, 0.3) is 0 Å². The number of methoxy groups -OCH3 is 1. The van der Waals surface area contributed by atoms with Gasteiger partial charge in [0.15, 0.2) is 0 Å². The summed E-state index contributed by atoms with van der Waals surface area (Å²) >= 11 is 0. The van der Waals surface area contributed by atoms with Crippen molar-refractivity contribution < 1.29 is 9.53 Å². The predicted octanol–water partition coefficient (Wildman–Crippen LogP) is 3.58. The number of piperazine rings is 1. The van der Waals surface area contributed by atoms with Gasteiger partial charge in [0.1, 0.15) is 5.75 Å². The Morgan fingerprint density at radius 3 is 2.47 bits per heavy atom.